The lowest BCUT2D eigenvalue weighted by atomic mass is 9.95. The van der Waals surface area contributed by atoms with Crippen LogP contribution in [0.4, 0.5) is 4.39 Å². The summed E-state index contributed by atoms with van der Waals surface area (Å²) in [6.45, 7) is 5.70. The maximum atomic E-state index is 13.4. The molecule has 1 aliphatic heterocycles. The zero-order valence-electron chi connectivity index (χ0n) is 17.4. The molecule has 31 heavy (non-hydrogen) atoms. The van der Waals surface area contributed by atoms with Crippen molar-refractivity contribution in [1.82, 2.24) is 4.57 Å². The monoisotopic (exact) mass is 436 g/mol. The number of allylic oxidation sites excluding steroid dienone is 1. The van der Waals surface area contributed by atoms with E-state index in [4.69, 9.17) is 4.74 Å². The van der Waals surface area contributed by atoms with Crippen molar-refractivity contribution in [3.05, 3.63) is 102 Å². The minimum Gasteiger partial charge on any atom is -0.463 e. The lowest BCUT2D eigenvalue weighted by Gasteiger charge is -2.24. The maximum absolute atomic E-state index is 13.4. The highest BCUT2D eigenvalue weighted by atomic mass is 32.1. The van der Waals surface area contributed by atoms with Crippen molar-refractivity contribution < 1.29 is 13.9 Å². The zero-order valence-corrected chi connectivity index (χ0v) is 18.2. The van der Waals surface area contributed by atoms with E-state index in [1.807, 2.05) is 31.2 Å². The Labute approximate surface area is 182 Å². The minimum atomic E-state index is -0.633. The first kappa shape index (κ1) is 20.9. The van der Waals surface area contributed by atoms with Gasteiger partial charge in [0.05, 0.1) is 28.5 Å². The van der Waals surface area contributed by atoms with Gasteiger partial charge in [0.1, 0.15) is 5.82 Å². The van der Waals surface area contributed by atoms with E-state index in [0.29, 0.717) is 26.2 Å². The number of esters is 1. The van der Waals surface area contributed by atoms with Crippen molar-refractivity contribution in [2.45, 2.75) is 26.8 Å². The molecule has 7 heteroatoms. The van der Waals surface area contributed by atoms with E-state index in [0.717, 1.165) is 11.1 Å². The van der Waals surface area contributed by atoms with Gasteiger partial charge >= 0.3 is 5.97 Å². The van der Waals surface area contributed by atoms with Gasteiger partial charge in [0.2, 0.25) is 0 Å². The molecule has 1 aliphatic rings. The quantitative estimate of drug-likeness (QED) is 0.590. The summed E-state index contributed by atoms with van der Waals surface area (Å²) in [5.74, 6) is -0.824. The van der Waals surface area contributed by atoms with Crippen LogP contribution in [-0.4, -0.2) is 17.1 Å². The fraction of sp³-hybridized carbons (Fsp3) is 0.208. The van der Waals surface area contributed by atoms with Crippen molar-refractivity contribution in [2.75, 3.05) is 6.61 Å². The van der Waals surface area contributed by atoms with Crippen LogP contribution in [0.2, 0.25) is 0 Å². The number of aryl methyl sites for hydroxylation is 1. The summed E-state index contributed by atoms with van der Waals surface area (Å²) in [6.07, 6.45) is 1.71. The average Bonchev–Trinajstić information content (AvgIpc) is 3.04. The first-order valence-electron chi connectivity index (χ1n) is 9.91. The molecule has 2 heterocycles. The Morgan fingerprint density at radius 3 is 2.48 bits per heavy atom. The molecule has 0 unspecified atom stereocenters. The Kier molecular flexibility index (Phi) is 5.69. The van der Waals surface area contributed by atoms with Gasteiger partial charge in [0.15, 0.2) is 4.80 Å². The number of halogens is 1. The first-order valence-corrected chi connectivity index (χ1v) is 10.7. The van der Waals surface area contributed by atoms with Crippen molar-refractivity contribution >= 4 is 23.4 Å². The molecular weight excluding hydrogens is 415 g/mol. The molecule has 0 spiro atoms. The largest absolute Gasteiger partial charge is 0.463 e. The van der Waals surface area contributed by atoms with Gasteiger partial charge in [0, 0.05) is 0 Å². The lowest BCUT2D eigenvalue weighted by Crippen LogP contribution is -2.39. The topological polar surface area (TPSA) is 60.7 Å². The van der Waals surface area contributed by atoms with Crippen LogP contribution in [0.5, 0.6) is 0 Å². The van der Waals surface area contributed by atoms with Crippen molar-refractivity contribution in [3.8, 4) is 0 Å². The number of aromatic nitrogens is 1. The van der Waals surface area contributed by atoms with Crippen molar-refractivity contribution in [3.63, 3.8) is 0 Å². The molecule has 0 saturated heterocycles. The van der Waals surface area contributed by atoms with Crippen molar-refractivity contribution in [2.24, 2.45) is 4.99 Å². The molecule has 0 radical (unpaired) electrons. The van der Waals surface area contributed by atoms with Crippen LogP contribution in [-0.2, 0) is 9.53 Å². The van der Waals surface area contributed by atoms with Gasteiger partial charge < -0.3 is 4.74 Å². The highest BCUT2D eigenvalue weighted by Crippen LogP contribution is 2.30. The highest BCUT2D eigenvalue weighted by Gasteiger charge is 2.33. The van der Waals surface area contributed by atoms with Gasteiger partial charge in [-0.2, -0.15) is 0 Å². The molecule has 158 valence electrons. The van der Waals surface area contributed by atoms with Crippen LogP contribution in [0, 0.1) is 12.7 Å². The molecule has 0 N–H and O–H groups in total. The number of hydrogen-bond acceptors (Lipinski definition) is 5. The third-order valence-corrected chi connectivity index (χ3v) is 6.06. The van der Waals surface area contributed by atoms with Crippen LogP contribution >= 0.6 is 11.3 Å². The predicted molar refractivity (Wildman–Crippen MR) is 118 cm³/mol. The summed E-state index contributed by atoms with van der Waals surface area (Å²) in [4.78, 5) is 31.3. The Morgan fingerprint density at radius 1 is 1.16 bits per heavy atom. The molecule has 1 atom stereocenters. The van der Waals surface area contributed by atoms with E-state index in [-0.39, 0.29) is 18.0 Å². The van der Waals surface area contributed by atoms with Crippen LogP contribution < -0.4 is 14.9 Å². The lowest BCUT2D eigenvalue weighted by molar-refractivity contribution is -0.139. The Bertz CT molecular complexity index is 1350. The smallest absolute Gasteiger partial charge is 0.338 e. The molecule has 0 fully saturated rings. The van der Waals surface area contributed by atoms with E-state index in [1.165, 1.54) is 23.5 Å². The van der Waals surface area contributed by atoms with Crippen LogP contribution in [0.3, 0.4) is 0 Å². The molecule has 0 saturated carbocycles. The second-order valence-electron chi connectivity index (χ2n) is 7.26. The van der Waals surface area contributed by atoms with Gasteiger partial charge in [-0.3, -0.25) is 9.36 Å². The van der Waals surface area contributed by atoms with Gasteiger partial charge in [-0.1, -0.05) is 53.3 Å². The second-order valence-corrected chi connectivity index (χ2v) is 8.27. The number of rotatable bonds is 4. The second kappa shape index (κ2) is 8.43. The third kappa shape index (κ3) is 4.01. The number of thiazole rings is 1. The highest BCUT2D eigenvalue weighted by molar-refractivity contribution is 7.07. The number of carbonyl (C=O) groups excluding carboxylic acids is 1. The molecule has 3 aromatic rings. The molecule has 2 aromatic carbocycles. The van der Waals surface area contributed by atoms with Crippen LogP contribution in [0.1, 0.15) is 36.6 Å². The number of nitrogens with zero attached hydrogens (tertiary/aromatic N) is 2. The number of hydrogen-bond donors (Lipinski definition) is 0. The molecule has 1 aromatic heterocycles. The van der Waals surface area contributed by atoms with E-state index in [9.17, 15) is 14.0 Å². The number of fused-ring (bicyclic) bond motifs is 1. The molecule has 5 nitrogen and oxygen atoms in total. The van der Waals surface area contributed by atoms with Gasteiger partial charge in [-0.05, 0) is 50.1 Å². The Morgan fingerprint density at radius 2 is 1.84 bits per heavy atom. The fourth-order valence-corrected chi connectivity index (χ4v) is 4.61. The zero-order chi connectivity index (χ0) is 22.1. The Hall–Kier alpha value is -3.32. The molecule has 0 aliphatic carbocycles. The van der Waals surface area contributed by atoms with E-state index in [1.54, 1.807) is 36.6 Å². The van der Waals surface area contributed by atoms with Crippen molar-refractivity contribution in [1.29, 1.82) is 0 Å². The molecular formula is C24H21FN2O3S. The summed E-state index contributed by atoms with van der Waals surface area (Å²) in [7, 11) is 0. The van der Waals surface area contributed by atoms with Crippen LogP contribution in [0.15, 0.2) is 69.6 Å². The van der Waals surface area contributed by atoms with E-state index < -0.39 is 12.0 Å². The summed E-state index contributed by atoms with van der Waals surface area (Å²) >= 11 is 1.24. The SMILES string of the molecule is CCOC(=O)C1=C(C)N=c2s/c(=C\c3ccc(F)cc3)c(=O)n2[C@@H]1c1ccc(C)cc1. The number of ether oxygens (including phenoxy) is 1. The normalized spacial score (nSPS) is 16.1. The van der Waals surface area contributed by atoms with E-state index >= 15 is 0 Å². The maximum Gasteiger partial charge on any atom is 0.338 e. The van der Waals surface area contributed by atoms with E-state index in [2.05, 4.69) is 4.99 Å². The molecule has 0 bridgehead atoms. The molecule has 4 rings (SSSR count). The van der Waals surface area contributed by atoms with Gasteiger partial charge in [-0.25, -0.2) is 14.2 Å². The summed E-state index contributed by atoms with van der Waals surface area (Å²) in [5.41, 5.74) is 3.21. The minimum absolute atomic E-state index is 0.227. The summed E-state index contributed by atoms with van der Waals surface area (Å²) in [6, 6.07) is 13.0. The standard InChI is InChI=1S/C24H21FN2O3S/c1-4-30-23(29)20-15(3)26-24-27(21(20)17-9-5-14(2)6-10-17)22(28)19(31-24)13-16-7-11-18(25)12-8-16/h5-13,21H,4H2,1-3H3/b19-13-/t21-/m1/s1. The number of carbonyl (C=O) groups is 1. The van der Waals surface area contributed by atoms with Gasteiger partial charge in [-0.15, -0.1) is 0 Å². The molecule has 0 amide bonds. The van der Waals surface area contributed by atoms with Gasteiger partial charge in [0.25, 0.3) is 5.56 Å². The Balaban J connectivity index is 1.94. The average molecular weight is 437 g/mol. The summed E-state index contributed by atoms with van der Waals surface area (Å²) in [5, 5.41) is 0. The number of benzene rings is 2. The third-order valence-electron chi connectivity index (χ3n) is 5.08. The first-order chi connectivity index (χ1) is 14.9. The fourth-order valence-electron chi connectivity index (χ4n) is 3.57. The summed E-state index contributed by atoms with van der Waals surface area (Å²) < 4.78 is 20.5. The predicted octanol–water partition coefficient (Wildman–Crippen LogP) is 3.25. The van der Waals surface area contributed by atoms with Crippen LogP contribution in [0.25, 0.3) is 6.08 Å².